The van der Waals surface area contributed by atoms with Crippen molar-refractivity contribution in [1.29, 1.82) is 0 Å². The van der Waals surface area contributed by atoms with Crippen LogP contribution >= 0.6 is 0 Å². The maximum absolute atomic E-state index is 13.1. The maximum atomic E-state index is 13.1. The van der Waals surface area contributed by atoms with Crippen LogP contribution in [-0.4, -0.2) is 39.5 Å². The third-order valence-electron chi connectivity index (χ3n) is 4.72. The molecule has 8 heteroatoms. The van der Waals surface area contributed by atoms with Gasteiger partial charge < -0.3 is 29.7 Å². The number of esters is 1. The number of hydrogen-bond acceptors (Lipinski definition) is 7. The summed E-state index contributed by atoms with van der Waals surface area (Å²) >= 11 is 0. The van der Waals surface area contributed by atoms with Crippen molar-refractivity contribution in [2.45, 2.75) is 64.9 Å². The van der Waals surface area contributed by atoms with E-state index < -0.39 is 29.3 Å². The molecule has 0 aliphatic carbocycles. The number of nitrogens with one attached hydrogen (secondary N) is 1. The van der Waals surface area contributed by atoms with Crippen LogP contribution in [0, 0.1) is 0 Å². The number of carbonyl (C=O) groups is 2. The highest BCUT2D eigenvalue weighted by molar-refractivity contribution is 5.83. The number of ether oxygens (including phenoxy) is 3. The van der Waals surface area contributed by atoms with Gasteiger partial charge in [0.1, 0.15) is 23.6 Å². The monoisotopic (exact) mass is 445 g/mol. The molecule has 0 heterocycles. The lowest BCUT2D eigenvalue weighted by atomic mass is 9.92. The molecule has 174 valence electrons. The largest absolute Gasteiger partial charge is 0.508 e. The molecule has 0 spiro atoms. The fraction of sp³-hybridized carbons (Fsp3) is 0.417. The van der Waals surface area contributed by atoms with E-state index in [1.165, 1.54) is 18.2 Å². The first-order valence-electron chi connectivity index (χ1n) is 10.3. The minimum atomic E-state index is -1.34. The predicted octanol–water partition coefficient (Wildman–Crippen LogP) is 4.28. The molecule has 0 saturated carbocycles. The molecule has 2 rings (SSSR count). The van der Waals surface area contributed by atoms with Crippen molar-refractivity contribution >= 4 is 12.1 Å². The van der Waals surface area contributed by atoms with Crippen LogP contribution in [-0.2, 0) is 20.9 Å². The summed E-state index contributed by atoms with van der Waals surface area (Å²) in [5.41, 5.74) is -1.34. The summed E-state index contributed by atoms with van der Waals surface area (Å²) in [6.07, 6.45) is -0.564. The van der Waals surface area contributed by atoms with Crippen LogP contribution in [0.15, 0.2) is 48.5 Å². The molecular formula is C24H31NO7. The van der Waals surface area contributed by atoms with Crippen molar-refractivity contribution in [2.75, 3.05) is 0 Å². The molecule has 1 amide bonds. The Labute approximate surface area is 188 Å². The fourth-order valence-corrected chi connectivity index (χ4v) is 2.87. The minimum absolute atomic E-state index is 0.00331. The van der Waals surface area contributed by atoms with Gasteiger partial charge in [-0.25, -0.2) is 9.59 Å². The topological polar surface area (TPSA) is 114 Å². The van der Waals surface area contributed by atoms with Gasteiger partial charge >= 0.3 is 12.1 Å². The SMILES string of the molecule is CC[C@@](C)(Oc1cc(O)ccc1O)[C@H](NC(=O)OC(C)(C)C)C(=O)OCc1ccccc1. The third kappa shape index (κ3) is 7.08. The molecule has 0 fully saturated rings. The van der Waals surface area contributed by atoms with E-state index in [2.05, 4.69) is 5.32 Å². The number of benzene rings is 2. The van der Waals surface area contributed by atoms with Gasteiger partial charge in [-0.15, -0.1) is 0 Å². The number of aromatic hydroxyl groups is 2. The summed E-state index contributed by atoms with van der Waals surface area (Å²) < 4.78 is 16.7. The molecule has 0 aliphatic rings. The molecule has 2 aromatic rings. The first-order chi connectivity index (χ1) is 14.9. The Kier molecular flexibility index (Phi) is 7.97. The van der Waals surface area contributed by atoms with E-state index in [1.54, 1.807) is 34.6 Å². The molecule has 0 saturated heterocycles. The van der Waals surface area contributed by atoms with E-state index in [1.807, 2.05) is 30.3 Å². The van der Waals surface area contributed by atoms with E-state index in [9.17, 15) is 19.8 Å². The van der Waals surface area contributed by atoms with Crippen LogP contribution in [0.5, 0.6) is 17.2 Å². The molecule has 0 radical (unpaired) electrons. The number of phenolic OH excluding ortho intramolecular Hbond substituents is 2. The summed E-state index contributed by atoms with van der Waals surface area (Å²) in [7, 11) is 0. The van der Waals surface area contributed by atoms with E-state index in [-0.39, 0.29) is 30.3 Å². The van der Waals surface area contributed by atoms with Crippen molar-refractivity contribution in [3.8, 4) is 17.2 Å². The van der Waals surface area contributed by atoms with Gasteiger partial charge in [0.2, 0.25) is 0 Å². The number of rotatable bonds is 8. The lowest BCUT2D eigenvalue weighted by molar-refractivity contribution is -0.153. The van der Waals surface area contributed by atoms with Gasteiger partial charge in [-0.2, -0.15) is 0 Å². The minimum Gasteiger partial charge on any atom is -0.508 e. The van der Waals surface area contributed by atoms with Crippen molar-refractivity contribution in [2.24, 2.45) is 0 Å². The van der Waals surface area contributed by atoms with Gasteiger partial charge in [0.25, 0.3) is 0 Å². The van der Waals surface area contributed by atoms with E-state index in [4.69, 9.17) is 14.2 Å². The summed E-state index contributed by atoms with van der Waals surface area (Å²) in [4.78, 5) is 25.6. The second-order valence-electron chi connectivity index (χ2n) is 8.59. The molecule has 0 aliphatic heterocycles. The van der Waals surface area contributed by atoms with Crippen molar-refractivity contribution in [1.82, 2.24) is 5.32 Å². The number of phenols is 2. The Hall–Kier alpha value is -3.42. The highest BCUT2D eigenvalue weighted by Gasteiger charge is 2.43. The lowest BCUT2D eigenvalue weighted by Gasteiger charge is -2.36. The van der Waals surface area contributed by atoms with Crippen LogP contribution in [0.1, 0.15) is 46.6 Å². The number of hydrogen-bond donors (Lipinski definition) is 3. The van der Waals surface area contributed by atoms with Gasteiger partial charge in [0.05, 0.1) is 0 Å². The standard InChI is InChI=1S/C24H31NO7/c1-6-24(5,31-19-14-17(26)12-13-18(19)27)20(25-22(29)32-23(2,3)4)21(28)30-15-16-10-8-7-9-11-16/h7-14,20,26-27H,6,15H2,1-5H3,(H,25,29)/t20-,24-/m1/s1. The fourth-order valence-electron chi connectivity index (χ4n) is 2.87. The molecular weight excluding hydrogens is 414 g/mol. The highest BCUT2D eigenvalue weighted by Crippen LogP contribution is 2.35. The lowest BCUT2D eigenvalue weighted by Crippen LogP contribution is -2.59. The molecule has 32 heavy (non-hydrogen) atoms. The zero-order valence-corrected chi connectivity index (χ0v) is 19.0. The van der Waals surface area contributed by atoms with Crippen LogP contribution in [0.2, 0.25) is 0 Å². The van der Waals surface area contributed by atoms with Crippen molar-refractivity contribution in [3.63, 3.8) is 0 Å². The smallest absolute Gasteiger partial charge is 0.408 e. The maximum Gasteiger partial charge on any atom is 0.408 e. The normalized spacial score (nSPS) is 14.0. The molecule has 8 nitrogen and oxygen atoms in total. The average Bonchev–Trinajstić information content (AvgIpc) is 2.72. The molecule has 3 N–H and O–H groups in total. The number of alkyl carbamates (subject to hydrolysis) is 1. The van der Waals surface area contributed by atoms with Gasteiger partial charge in [-0.3, -0.25) is 0 Å². The van der Waals surface area contributed by atoms with Crippen LogP contribution in [0.25, 0.3) is 0 Å². The first-order valence-corrected chi connectivity index (χ1v) is 10.3. The predicted molar refractivity (Wildman–Crippen MR) is 118 cm³/mol. The quantitative estimate of drug-likeness (QED) is 0.410. The average molecular weight is 446 g/mol. The highest BCUT2D eigenvalue weighted by atomic mass is 16.6. The zero-order valence-electron chi connectivity index (χ0n) is 19.0. The van der Waals surface area contributed by atoms with Gasteiger partial charge in [0.15, 0.2) is 17.5 Å². The first kappa shape index (κ1) is 24.8. The second kappa shape index (κ2) is 10.3. The van der Waals surface area contributed by atoms with Crippen LogP contribution in [0.4, 0.5) is 4.79 Å². The van der Waals surface area contributed by atoms with Crippen molar-refractivity contribution < 1.29 is 34.0 Å². The van der Waals surface area contributed by atoms with E-state index >= 15 is 0 Å². The Morgan fingerprint density at radius 3 is 2.28 bits per heavy atom. The molecule has 2 aromatic carbocycles. The van der Waals surface area contributed by atoms with E-state index in [0.29, 0.717) is 0 Å². The van der Waals surface area contributed by atoms with Crippen LogP contribution < -0.4 is 10.1 Å². The Balaban J connectivity index is 2.31. The Morgan fingerprint density at radius 1 is 1.03 bits per heavy atom. The van der Waals surface area contributed by atoms with E-state index in [0.717, 1.165) is 5.56 Å². The molecule has 0 aromatic heterocycles. The van der Waals surface area contributed by atoms with Gasteiger partial charge in [-0.05, 0) is 51.8 Å². The summed E-state index contributed by atoms with van der Waals surface area (Å²) in [5.74, 6) is -1.12. The van der Waals surface area contributed by atoms with Gasteiger partial charge in [0, 0.05) is 6.07 Å². The summed E-state index contributed by atoms with van der Waals surface area (Å²) in [6.45, 7) is 8.47. The summed E-state index contributed by atoms with van der Waals surface area (Å²) in [6, 6.07) is 11.6. The molecule has 2 atom stereocenters. The van der Waals surface area contributed by atoms with Crippen LogP contribution in [0.3, 0.4) is 0 Å². The second-order valence-corrected chi connectivity index (χ2v) is 8.59. The summed E-state index contributed by atoms with van der Waals surface area (Å²) in [5, 5.41) is 22.5. The Morgan fingerprint density at radius 2 is 1.69 bits per heavy atom. The number of carbonyl (C=O) groups excluding carboxylic acids is 2. The molecule has 0 unspecified atom stereocenters. The van der Waals surface area contributed by atoms with Crippen molar-refractivity contribution in [3.05, 3.63) is 54.1 Å². The Bertz CT molecular complexity index is 924. The number of amides is 1. The zero-order chi connectivity index (χ0) is 23.9. The third-order valence-corrected chi connectivity index (χ3v) is 4.72. The van der Waals surface area contributed by atoms with Gasteiger partial charge in [-0.1, -0.05) is 37.3 Å². The molecule has 0 bridgehead atoms.